The van der Waals surface area contributed by atoms with Gasteiger partial charge in [0.1, 0.15) is 5.78 Å². The molecule has 0 heterocycles. The summed E-state index contributed by atoms with van der Waals surface area (Å²) in [5.41, 5.74) is 0. The molecule has 5 heteroatoms. The van der Waals surface area contributed by atoms with Crippen LogP contribution < -0.4 is 5.32 Å². The molecule has 1 atom stereocenters. The normalized spacial score (nSPS) is 11.3. The Morgan fingerprint density at radius 1 is 1.38 bits per heavy atom. The highest BCUT2D eigenvalue weighted by atomic mass is 32.2. The van der Waals surface area contributed by atoms with E-state index in [2.05, 4.69) is 11.2 Å². The van der Waals surface area contributed by atoms with E-state index in [0.717, 1.165) is 11.8 Å². The minimum absolute atomic E-state index is 0.139. The molecule has 0 bridgehead atoms. The van der Waals surface area contributed by atoms with Crippen LogP contribution in [0.4, 0.5) is 0 Å². The molecule has 1 amide bonds. The minimum atomic E-state index is -0.715. The van der Waals surface area contributed by atoms with Crippen LogP contribution in [0, 0.1) is 18.3 Å². The molecule has 0 aromatic carbocycles. The van der Waals surface area contributed by atoms with Gasteiger partial charge in [0.25, 0.3) is 0 Å². The van der Waals surface area contributed by atoms with Gasteiger partial charge in [0, 0.05) is 25.6 Å². The minimum Gasteiger partial charge on any atom is -0.356 e. The number of carbonyl (C=O) groups is 3. The van der Waals surface area contributed by atoms with Crippen LogP contribution in [-0.2, 0) is 14.4 Å². The fourth-order valence-corrected chi connectivity index (χ4v) is 1.85. The molecule has 0 saturated carbocycles. The van der Waals surface area contributed by atoms with E-state index in [-0.39, 0.29) is 23.2 Å². The SMILES string of the molecule is C#CCC(C(C)=O)C(=O)SCCNC(C)=O. The molecule has 0 aliphatic carbocycles. The molecular formula is C11H15NO3S. The summed E-state index contributed by atoms with van der Waals surface area (Å²) in [5.74, 6) is 1.70. The largest absolute Gasteiger partial charge is 0.356 e. The van der Waals surface area contributed by atoms with E-state index < -0.39 is 5.92 Å². The molecule has 1 unspecified atom stereocenters. The van der Waals surface area contributed by atoms with E-state index in [9.17, 15) is 14.4 Å². The molecule has 0 spiro atoms. The van der Waals surface area contributed by atoms with Gasteiger partial charge in [-0.1, -0.05) is 11.8 Å². The molecule has 16 heavy (non-hydrogen) atoms. The Morgan fingerprint density at radius 2 is 2.00 bits per heavy atom. The van der Waals surface area contributed by atoms with Crippen LogP contribution in [-0.4, -0.2) is 29.1 Å². The molecule has 0 rings (SSSR count). The van der Waals surface area contributed by atoms with Crippen LogP contribution in [0.3, 0.4) is 0 Å². The number of terminal acetylenes is 1. The van der Waals surface area contributed by atoms with Gasteiger partial charge in [-0.3, -0.25) is 14.4 Å². The first-order valence-electron chi connectivity index (χ1n) is 4.84. The number of nitrogens with one attached hydrogen (secondary N) is 1. The Morgan fingerprint density at radius 3 is 2.44 bits per heavy atom. The molecule has 0 aromatic heterocycles. The first-order chi connectivity index (χ1) is 7.49. The average Bonchev–Trinajstić information content (AvgIpc) is 2.19. The lowest BCUT2D eigenvalue weighted by molar-refractivity contribution is -0.127. The van der Waals surface area contributed by atoms with Gasteiger partial charge >= 0.3 is 0 Å². The molecular weight excluding hydrogens is 226 g/mol. The molecule has 1 N–H and O–H groups in total. The van der Waals surface area contributed by atoms with Gasteiger partial charge in [-0.05, 0) is 6.92 Å². The Balaban J connectivity index is 3.98. The fraction of sp³-hybridized carbons (Fsp3) is 0.545. The van der Waals surface area contributed by atoms with Crippen molar-refractivity contribution >= 4 is 28.6 Å². The van der Waals surface area contributed by atoms with Crippen molar-refractivity contribution in [2.45, 2.75) is 20.3 Å². The van der Waals surface area contributed by atoms with Crippen molar-refractivity contribution < 1.29 is 14.4 Å². The third-order valence-electron chi connectivity index (χ3n) is 1.82. The second-order valence-electron chi connectivity index (χ2n) is 3.22. The lowest BCUT2D eigenvalue weighted by atomic mass is 10.0. The van der Waals surface area contributed by atoms with Crippen molar-refractivity contribution in [1.82, 2.24) is 5.32 Å². The number of ketones is 1. The van der Waals surface area contributed by atoms with E-state index >= 15 is 0 Å². The van der Waals surface area contributed by atoms with Crippen molar-refractivity contribution in [3.63, 3.8) is 0 Å². The molecule has 0 aromatic rings. The van der Waals surface area contributed by atoms with Crippen LogP contribution >= 0.6 is 11.8 Å². The maximum Gasteiger partial charge on any atom is 0.216 e. The van der Waals surface area contributed by atoms with Gasteiger partial charge in [0.15, 0.2) is 5.12 Å². The van der Waals surface area contributed by atoms with Crippen molar-refractivity contribution in [2.24, 2.45) is 5.92 Å². The zero-order valence-electron chi connectivity index (χ0n) is 9.41. The molecule has 4 nitrogen and oxygen atoms in total. The molecule has 0 fully saturated rings. The maximum atomic E-state index is 11.6. The van der Waals surface area contributed by atoms with E-state index in [4.69, 9.17) is 6.42 Å². The quantitative estimate of drug-likeness (QED) is 0.420. The number of rotatable bonds is 6. The van der Waals surface area contributed by atoms with Crippen LogP contribution in [0.1, 0.15) is 20.3 Å². The Hall–Kier alpha value is -1.28. The number of amides is 1. The van der Waals surface area contributed by atoms with Crippen molar-refractivity contribution in [2.75, 3.05) is 12.3 Å². The van der Waals surface area contributed by atoms with Crippen LogP contribution in [0.5, 0.6) is 0 Å². The predicted octanol–water partition coefficient (Wildman–Crippen LogP) is 0.611. The summed E-state index contributed by atoms with van der Waals surface area (Å²) in [6, 6.07) is 0. The average molecular weight is 241 g/mol. The van der Waals surface area contributed by atoms with Gasteiger partial charge in [-0.2, -0.15) is 0 Å². The van der Waals surface area contributed by atoms with Crippen molar-refractivity contribution in [1.29, 1.82) is 0 Å². The van der Waals surface area contributed by atoms with Crippen LogP contribution in [0.25, 0.3) is 0 Å². The standard InChI is InChI=1S/C11H15NO3S/c1-4-5-10(8(2)13)11(15)16-7-6-12-9(3)14/h1,10H,5-7H2,2-3H3,(H,12,14). The smallest absolute Gasteiger partial charge is 0.216 e. The first-order valence-corrected chi connectivity index (χ1v) is 5.82. The molecule has 0 aliphatic heterocycles. The van der Waals surface area contributed by atoms with Gasteiger partial charge in [0.2, 0.25) is 5.91 Å². The second-order valence-corrected chi connectivity index (χ2v) is 4.32. The van der Waals surface area contributed by atoms with Gasteiger partial charge in [-0.25, -0.2) is 0 Å². The van der Waals surface area contributed by atoms with E-state index in [0.29, 0.717) is 12.3 Å². The highest BCUT2D eigenvalue weighted by molar-refractivity contribution is 8.13. The maximum absolute atomic E-state index is 11.6. The fourth-order valence-electron chi connectivity index (χ4n) is 0.990. The van der Waals surface area contributed by atoms with E-state index in [1.165, 1.54) is 13.8 Å². The van der Waals surface area contributed by atoms with Gasteiger partial charge in [-0.15, -0.1) is 12.3 Å². The van der Waals surface area contributed by atoms with Crippen LogP contribution in [0.15, 0.2) is 0 Å². The lowest BCUT2D eigenvalue weighted by Gasteiger charge is -2.08. The first kappa shape index (κ1) is 14.7. The summed E-state index contributed by atoms with van der Waals surface area (Å²) in [6.45, 7) is 3.17. The third-order valence-corrected chi connectivity index (χ3v) is 2.79. The topological polar surface area (TPSA) is 63.2 Å². The van der Waals surface area contributed by atoms with Crippen molar-refractivity contribution in [3.05, 3.63) is 0 Å². The Kier molecular flexibility index (Phi) is 7.31. The second kappa shape index (κ2) is 7.94. The number of hydrogen-bond acceptors (Lipinski definition) is 4. The highest BCUT2D eigenvalue weighted by Crippen LogP contribution is 2.15. The number of Topliss-reactive ketones (excluding diaryl/α,β-unsaturated/α-hetero) is 1. The summed E-state index contributed by atoms with van der Waals surface area (Å²) in [4.78, 5) is 33.2. The number of hydrogen-bond donors (Lipinski definition) is 1. The monoisotopic (exact) mass is 241 g/mol. The zero-order valence-corrected chi connectivity index (χ0v) is 10.2. The number of thioether (sulfide) groups is 1. The Bertz CT molecular complexity index is 320. The predicted molar refractivity (Wildman–Crippen MR) is 63.8 cm³/mol. The third kappa shape index (κ3) is 6.25. The summed E-state index contributed by atoms with van der Waals surface area (Å²) < 4.78 is 0. The van der Waals surface area contributed by atoms with E-state index in [1.807, 2.05) is 0 Å². The van der Waals surface area contributed by atoms with Gasteiger partial charge in [0.05, 0.1) is 5.92 Å². The van der Waals surface area contributed by atoms with Crippen LogP contribution in [0.2, 0.25) is 0 Å². The van der Waals surface area contributed by atoms with Crippen molar-refractivity contribution in [3.8, 4) is 12.3 Å². The molecule has 0 saturated heterocycles. The summed E-state index contributed by atoms with van der Waals surface area (Å²) in [6.07, 6.45) is 5.22. The highest BCUT2D eigenvalue weighted by Gasteiger charge is 2.22. The lowest BCUT2D eigenvalue weighted by Crippen LogP contribution is -2.24. The summed E-state index contributed by atoms with van der Waals surface area (Å²) in [7, 11) is 0. The van der Waals surface area contributed by atoms with Gasteiger partial charge < -0.3 is 5.32 Å². The molecule has 88 valence electrons. The number of carbonyl (C=O) groups excluding carboxylic acids is 3. The molecule has 0 radical (unpaired) electrons. The Labute approximate surface area is 99.5 Å². The zero-order chi connectivity index (χ0) is 12.6. The molecule has 0 aliphatic rings. The summed E-state index contributed by atoms with van der Waals surface area (Å²) in [5, 5.41) is 2.34. The summed E-state index contributed by atoms with van der Waals surface area (Å²) >= 11 is 1.02. The van der Waals surface area contributed by atoms with E-state index in [1.54, 1.807) is 0 Å².